The van der Waals surface area contributed by atoms with E-state index in [1.807, 2.05) is 43.3 Å². The summed E-state index contributed by atoms with van der Waals surface area (Å²) in [5.41, 5.74) is 2.07. The predicted molar refractivity (Wildman–Crippen MR) is 145 cm³/mol. The molecule has 35 heavy (non-hydrogen) atoms. The molecule has 0 bridgehead atoms. The Kier molecular flexibility index (Phi) is 7.38. The van der Waals surface area contributed by atoms with Crippen molar-refractivity contribution in [2.45, 2.75) is 57.5 Å². The minimum Gasteiger partial charge on any atom is -0.352 e. The fraction of sp³-hybridized carbons (Fsp3) is 0.345. The third kappa shape index (κ3) is 5.54. The monoisotopic (exact) mass is 484 g/mol. The second kappa shape index (κ2) is 11.0. The summed E-state index contributed by atoms with van der Waals surface area (Å²) in [6.07, 6.45) is 6.42. The first-order chi connectivity index (χ1) is 17.2. The van der Waals surface area contributed by atoms with Gasteiger partial charge in [0.15, 0.2) is 5.82 Å². The first kappa shape index (κ1) is 23.5. The van der Waals surface area contributed by atoms with Gasteiger partial charge >= 0.3 is 0 Å². The number of nitrogens with one attached hydrogen (secondary N) is 1. The van der Waals surface area contributed by atoms with Gasteiger partial charge in [-0.25, -0.2) is 9.97 Å². The van der Waals surface area contributed by atoms with Gasteiger partial charge in [-0.2, -0.15) is 0 Å². The lowest BCUT2D eigenvalue weighted by atomic mass is 9.93. The maximum absolute atomic E-state index is 13.0. The number of benzene rings is 2. The Hall–Kier alpha value is -3.25. The average Bonchev–Trinajstić information content (AvgIpc) is 3.45. The second-order valence-corrected chi connectivity index (χ2v) is 10.2. The van der Waals surface area contributed by atoms with Gasteiger partial charge in [-0.05, 0) is 48.9 Å². The van der Waals surface area contributed by atoms with Crippen molar-refractivity contribution in [2.24, 2.45) is 0 Å². The maximum Gasteiger partial charge on any atom is 0.222 e. The lowest BCUT2D eigenvalue weighted by molar-refractivity contribution is -0.121. The van der Waals surface area contributed by atoms with Crippen molar-refractivity contribution in [3.05, 3.63) is 77.7 Å². The van der Waals surface area contributed by atoms with E-state index in [2.05, 4.69) is 45.9 Å². The number of fused-ring (bicyclic) bond motifs is 1. The SMILES string of the molecule is C[C@@H](NC(=O)CCN(c1nc(-c2cccs2)nc2ccccc12)C1CCCCC1)c1ccccc1. The number of aromatic nitrogens is 2. The molecule has 1 N–H and O–H groups in total. The molecule has 2 aromatic carbocycles. The number of anilines is 1. The Balaban J connectivity index is 1.43. The van der Waals surface area contributed by atoms with Gasteiger partial charge in [0.05, 0.1) is 16.4 Å². The number of carbonyl (C=O) groups excluding carboxylic acids is 1. The van der Waals surface area contributed by atoms with Gasteiger partial charge in [-0.15, -0.1) is 11.3 Å². The van der Waals surface area contributed by atoms with E-state index in [1.54, 1.807) is 11.3 Å². The zero-order chi connectivity index (χ0) is 24.0. The van der Waals surface area contributed by atoms with Crippen LogP contribution >= 0.6 is 11.3 Å². The summed E-state index contributed by atoms with van der Waals surface area (Å²) >= 11 is 1.66. The van der Waals surface area contributed by atoms with Crippen LogP contribution in [-0.4, -0.2) is 28.5 Å². The largest absolute Gasteiger partial charge is 0.352 e. The van der Waals surface area contributed by atoms with Crippen LogP contribution in [0.1, 0.15) is 57.1 Å². The molecule has 1 atom stereocenters. The highest BCUT2D eigenvalue weighted by molar-refractivity contribution is 7.13. The standard InChI is InChI=1S/C29H32N4OS/c1-21(22-11-4-2-5-12-22)30-27(34)18-19-33(23-13-6-3-7-14-23)29-24-15-8-9-16-25(24)31-28(32-29)26-17-10-20-35-26/h2,4-5,8-12,15-17,20-21,23H,3,6-7,13-14,18-19H2,1H3,(H,30,34)/t21-/m1/s1. The molecule has 1 aliphatic rings. The fourth-order valence-corrected chi connectivity index (χ4v) is 5.67. The number of amides is 1. The molecule has 5 rings (SSSR count). The van der Waals surface area contributed by atoms with Crippen molar-refractivity contribution in [3.8, 4) is 10.7 Å². The van der Waals surface area contributed by atoms with Crippen LogP contribution in [0.5, 0.6) is 0 Å². The summed E-state index contributed by atoms with van der Waals surface area (Å²) < 4.78 is 0. The van der Waals surface area contributed by atoms with Crippen LogP contribution < -0.4 is 10.2 Å². The Morgan fingerprint density at radius 3 is 2.54 bits per heavy atom. The maximum atomic E-state index is 13.0. The number of para-hydroxylation sites is 1. The molecular formula is C29H32N4OS. The summed E-state index contributed by atoms with van der Waals surface area (Å²) in [4.78, 5) is 26.4. The van der Waals surface area contributed by atoms with Gasteiger partial charge in [-0.3, -0.25) is 4.79 Å². The summed E-state index contributed by atoms with van der Waals surface area (Å²) in [5, 5.41) is 6.29. The van der Waals surface area contributed by atoms with E-state index in [0.717, 1.165) is 45.8 Å². The molecule has 0 saturated heterocycles. The quantitative estimate of drug-likeness (QED) is 0.300. The third-order valence-corrected chi connectivity index (χ3v) is 7.73. The van der Waals surface area contributed by atoms with Crippen LogP contribution in [0.2, 0.25) is 0 Å². The molecule has 2 aromatic heterocycles. The molecule has 5 nitrogen and oxygen atoms in total. The van der Waals surface area contributed by atoms with Gasteiger partial charge in [0, 0.05) is 24.4 Å². The lowest BCUT2D eigenvalue weighted by Gasteiger charge is -2.36. The van der Waals surface area contributed by atoms with Crippen LogP contribution in [0.15, 0.2) is 72.1 Å². The van der Waals surface area contributed by atoms with Crippen molar-refractivity contribution in [1.29, 1.82) is 0 Å². The number of hydrogen-bond donors (Lipinski definition) is 1. The van der Waals surface area contributed by atoms with Gasteiger partial charge in [0.1, 0.15) is 5.82 Å². The number of hydrogen-bond acceptors (Lipinski definition) is 5. The van der Waals surface area contributed by atoms with E-state index >= 15 is 0 Å². The van der Waals surface area contributed by atoms with Crippen LogP contribution in [-0.2, 0) is 4.79 Å². The van der Waals surface area contributed by atoms with E-state index in [1.165, 1.54) is 19.3 Å². The van der Waals surface area contributed by atoms with Crippen LogP contribution in [0.4, 0.5) is 5.82 Å². The van der Waals surface area contributed by atoms with E-state index in [9.17, 15) is 4.79 Å². The summed E-state index contributed by atoms with van der Waals surface area (Å²) in [6.45, 7) is 2.68. The van der Waals surface area contributed by atoms with E-state index in [-0.39, 0.29) is 11.9 Å². The minimum atomic E-state index is -0.0165. The average molecular weight is 485 g/mol. The van der Waals surface area contributed by atoms with Crippen molar-refractivity contribution < 1.29 is 4.79 Å². The Labute approximate surface area is 211 Å². The van der Waals surface area contributed by atoms with Crippen molar-refractivity contribution >= 4 is 34.0 Å². The number of carbonyl (C=O) groups is 1. The topological polar surface area (TPSA) is 58.1 Å². The lowest BCUT2D eigenvalue weighted by Crippen LogP contribution is -2.40. The molecule has 1 fully saturated rings. The number of thiophene rings is 1. The van der Waals surface area contributed by atoms with Gasteiger partial charge in [0.2, 0.25) is 5.91 Å². The summed E-state index contributed by atoms with van der Waals surface area (Å²) in [6, 6.07) is 22.8. The zero-order valence-corrected chi connectivity index (χ0v) is 21.0. The van der Waals surface area contributed by atoms with Gasteiger partial charge in [-0.1, -0.05) is 67.8 Å². The van der Waals surface area contributed by atoms with Crippen molar-refractivity contribution in [2.75, 3.05) is 11.4 Å². The molecule has 6 heteroatoms. The third-order valence-electron chi connectivity index (χ3n) is 6.87. The number of nitrogens with zero attached hydrogens (tertiary/aromatic N) is 3. The summed E-state index contributed by atoms with van der Waals surface area (Å²) in [5.74, 6) is 1.78. The molecule has 0 radical (unpaired) electrons. The Morgan fingerprint density at radius 1 is 1.00 bits per heavy atom. The smallest absolute Gasteiger partial charge is 0.222 e. The Bertz CT molecular complexity index is 1250. The minimum absolute atomic E-state index is 0.0165. The molecule has 2 heterocycles. The van der Waals surface area contributed by atoms with Gasteiger partial charge < -0.3 is 10.2 Å². The molecule has 0 spiro atoms. The highest BCUT2D eigenvalue weighted by atomic mass is 32.1. The van der Waals surface area contributed by atoms with Gasteiger partial charge in [0.25, 0.3) is 0 Å². The molecular weight excluding hydrogens is 452 g/mol. The zero-order valence-electron chi connectivity index (χ0n) is 20.2. The first-order valence-electron chi connectivity index (χ1n) is 12.6. The van der Waals surface area contributed by atoms with Crippen molar-refractivity contribution in [3.63, 3.8) is 0 Å². The highest BCUT2D eigenvalue weighted by Crippen LogP contribution is 2.33. The normalized spacial score (nSPS) is 15.1. The Morgan fingerprint density at radius 2 is 1.77 bits per heavy atom. The van der Waals surface area contributed by atoms with E-state index < -0.39 is 0 Å². The highest BCUT2D eigenvalue weighted by Gasteiger charge is 2.26. The first-order valence-corrected chi connectivity index (χ1v) is 13.5. The molecule has 1 amide bonds. The molecule has 4 aromatic rings. The van der Waals surface area contributed by atoms with Crippen LogP contribution in [0.3, 0.4) is 0 Å². The predicted octanol–water partition coefficient (Wildman–Crippen LogP) is 6.76. The van der Waals surface area contributed by atoms with E-state index in [4.69, 9.17) is 9.97 Å². The number of rotatable bonds is 8. The second-order valence-electron chi connectivity index (χ2n) is 9.30. The molecule has 1 saturated carbocycles. The summed E-state index contributed by atoms with van der Waals surface area (Å²) in [7, 11) is 0. The molecule has 180 valence electrons. The van der Waals surface area contributed by atoms with E-state index in [0.29, 0.717) is 19.0 Å². The van der Waals surface area contributed by atoms with Crippen LogP contribution in [0.25, 0.3) is 21.6 Å². The fourth-order valence-electron chi connectivity index (χ4n) is 5.01. The van der Waals surface area contributed by atoms with Crippen molar-refractivity contribution in [1.82, 2.24) is 15.3 Å². The molecule has 0 aliphatic heterocycles. The molecule has 1 aliphatic carbocycles. The van der Waals surface area contributed by atoms with Crippen LogP contribution in [0, 0.1) is 0 Å². The molecule has 0 unspecified atom stereocenters.